The number of hydrogen-bond donors (Lipinski definition) is 2. The molecule has 0 saturated heterocycles. The molecule has 0 aliphatic carbocycles. The van der Waals surface area contributed by atoms with Crippen LogP contribution in [0.5, 0.6) is 0 Å². The number of anilines is 1. The Hall–Kier alpha value is -1.67. The van der Waals surface area contributed by atoms with E-state index >= 15 is 0 Å². The smallest absolute Gasteiger partial charge is 0.251 e. The molecule has 18 heavy (non-hydrogen) atoms. The van der Waals surface area contributed by atoms with Crippen molar-refractivity contribution in [1.82, 2.24) is 14.9 Å². The summed E-state index contributed by atoms with van der Waals surface area (Å²) in [5.74, 6) is -0.390. The van der Waals surface area contributed by atoms with E-state index < -0.39 is 18.9 Å². The maximum Gasteiger partial charge on any atom is 0.251 e. The van der Waals surface area contributed by atoms with Crippen LogP contribution in [-0.2, 0) is 4.79 Å². The average molecular weight is 260 g/mol. The van der Waals surface area contributed by atoms with Gasteiger partial charge in [-0.3, -0.25) is 15.0 Å². The van der Waals surface area contributed by atoms with E-state index in [2.05, 4.69) is 15.3 Å². The second-order valence-electron chi connectivity index (χ2n) is 3.47. The lowest BCUT2D eigenvalue weighted by atomic mass is 10.4. The van der Waals surface area contributed by atoms with Gasteiger partial charge in [0.2, 0.25) is 11.9 Å². The molecule has 0 saturated carbocycles. The number of aliphatic hydroxyl groups excluding tert-OH is 1. The predicted octanol–water partition coefficient (Wildman–Crippen LogP) is -0.0255. The molecule has 1 amide bonds. The van der Waals surface area contributed by atoms with E-state index in [4.69, 9.17) is 5.11 Å². The van der Waals surface area contributed by atoms with Gasteiger partial charge in [-0.2, -0.15) is 0 Å². The Balaban J connectivity index is 2.45. The van der Waals surface area contributed by atoms with E-state index in [-0.39, 0.29) is 25.6 Å². The summed E-state index contributed by atoms with van der Waals surface area (Å²) >= 11 is 0. The van der Waals surface area contributed by atoms with Crippen LogP contribution in [0.15, 0.2) is 18.5 Å². The van der Waals surface area contributed by atoms with Crippen LogP contribution in [-0.4, -0.2) is 58.5 Å². The van der Waals surface area contributed by atoms with E-state index in [1.165, 1.54) is 12.4 Å². The summed E-state index contributed by atoms with van der Waals surface area (Å²) in [6, 6.07) is 1.59. The number of halogens is 2. The van der Waals surface area contributed by atoms with Crippen LogP contribution in [0.4, 0.5) is 14.7 Å². The van der Waals surface area contributed by atoms with Gasteiger partial charge in [0.25, 0.3) is 6.43 Å². The Morgan fingerprint density at radius 3 is 2.67 bits per heavy atom. The van der Waals surface area contributed by atoms with E-state index in [1.807, 2.05) is 0 Å². The molecule has 1 heterocycles. The zero-order valence-electron chi connectivity index (χ0n) is 9.59. The van der Waals surface area contributed by atoms with E-state index in [0.29, 0.717) is 0 Å². The third-order valence-electron chi connectivity index (χ3n) is 2.00. The van der Waals surface area contributed by atoms with Crippen LogP contribution in [0.1, 0.15) is 0 Å². The highest BCUT2D eigenvalue weighted by Crippen LogP contribution is 1.99. The average Bonchev–Trinajstić information content (AvgIpc) is 2.29. The summed E-state index contributed by atoms with van der Waals surface area (Å²) < 4.78 is 24.4. The molecule has 2 N–H and O–H groups in total. The van der Waals surface area contributed by atoms with Gasteiger partial charge in [0.1, 0.15) is 0 Å². The molecule has 0 spiro atoms. The van der Waals surface area contributed by atoms with Crippen LogP contribution >= 0.6 is 0 Å². The van der Waals surface area contributed by atoms with Gasteiger partial charge in [0.05, 0.1) is 19.7 Å². The SMILES string of the molecule is O=C(CN(CCO)CC(F)F)Nc1ncccn1. The van der Waals surface area contributed by atoms with E-state index in [9.17, 15) is 13.6 Å². The molecule has 0 radical (unpaired) electrons. The lowest BCUT2D eigenvalue weighted by Crippen LogP contribution is -2.38. The minimum atomic E-state index is -2.56. The highest BCUT2D eigenvalue weighted by Gasteiger charge is 2.15. The normalized spacial score (nSPS) is 10.9. The minimum absolute atomic E-state index is 0.00735. The molecule has 0 aromatic carbocycles. The molecule has 0 aliphatic rings. The molecule has 0 aliphatic heterocycles. The predicted molar refractivity (Wildman–Crippen MR) is 60.2 cm³/mol. The number of amides is 1. The second-order valence-corrected chi connectivity index (χ2v) is 3.47. The van der Waals surface area contributed by atoms with Crippen LogP contribution in [0.2, 0.25) is 0 Å². The summed E-state index contributed by atoms with van der Waals surface area (Å²) in [6.07, 6.45) is 0.345. The van der Waals surface area contributed by atoms with Crippen molar-refractivity contribution < 1.29 is 18.7 Å². The van der Waals surface area contributed by atoms with Gasteiger partial charge in [-0.05, 0) is 6.07 Å². The molecule has 0 fully saturated rings. The molecular formula is C10H14F2N4O2. The number of carbonyl (C=O) groups is 1. The molecule has 1 aromatic rings. The first-order valence-electron chi connectivity index (χ1n) is 5.30. The molecule has 1 aromatic heterocycles. The highest BCUT2D eigenvalue weighted by molar-refractivity contribution is 5.90. The monoisotopic (exact) mass is 260 g/mol. The third-order valence-corrected chi connectivity index (χ3v) is 2.00. The Morgan fingerprint density at radius 1 is 1.44 bits per heavy atom. The van der Waals surface area contributed by atoms with Crippen molar-refractivity contribution in [3.63, 3.8) is 0 Å². The minimum Gasteiger partial charge on any atom is -0.395 e. The number of aromatic nitrogens is 2. The van der Waals surface area contributed by atoms with Gasteiger partial charge in [-0.25, -0.2) is 18.7 Å². The third kappa shape index (κ3) is 5.60. The van der Waals surface area contributed by atoms with Crippen LogP contribution in [0.3, 0.4) is 0 Å². The molecule has 6 nitrogen and oxygen atoms in total. The summed E-state index contributed by atoms with van der Waals surface area (Å²) in [5, 5.41) is 11.1. The molecule has 0 bridgehead atoms. The van der Waals surface area contributed by atoms with Gasteiger partial charge in [-0.1, -0.05) is 0 Å². The molecular weight excluding hydrogens is 246 g/mol. The second kappa shape index (κ2) is 7.62. The van der Waals surface area contributed by atoms with Gasteiger partial charge in [0.15, 0.2) is 0 Å². The van der Waals surface area contributed by atoms with Crippen molar-refractivity contribution >= 4 is 11.9 Å². The van der Waals surface area contributed by atoms with Gasteiger partial charge in [0, 0.05) is 18.9 Å². The Kier molecular flexibility index (Phi) is 6.09. The van der Waals surface area contributed by atoms with Crippen molar-refractivity contribution in [2.45, 2.75) is 6.43 Å². The van der Waals surface area contributed by atoms with E-state index in [0.717, 1.165) is 4.90 Å². The van der Waals surface area contributed by atoms with Gasteiger partial charge >= 0.3 is 0 Å². The van der Waals surface area contributed by atoms with Gasteiger partial charge < -0.3 is 5.11 Å². The molecule has 1 rings (SSSR count). The van der Waals surface area contributed by atoms with Crippen LogP contribution in [0.25, 0.3) is 0 Å². The van der Waals surface area contributed by atoms with E-state index in [1.54, 1.807) is 6.07 Å². The first kappa shape index (κ1) is 14.4. The number of aliphatic hydroxyl groups is 1. The summed E-state index contributed by atoms with van der Waals surface area (Å²) in [6.45, 7) is -1.10. The van der Waals surface area contributed by atoms with Crippen molar-refractivity contribution in [3.8, 4) is 0 Å². The summed E-state index contributed by atoms with van der Waals surface area (Å²) in [4.78, 5) is 20.2. The number of nitrogens with zero attached hydrogens (tertiary/aromatic N) is 3. The zero-order valence-corrected chi connectivity index (χ0v) is 9.59. The highest BCUT2D eigenvalue weighted by atomic mass is 19.3. The lowest BCUT2D eigenvalue weighted by Gasteiger charge is -2.19. The molecule has 0 unspecified atom stereocenters. The zero-order chi connectivity index (χ0) is 13.4. The van der Waals surface area contributed by atoms with Crippen molar-refractivity contribution in [2.75, 3.05) is 31.6 Å². The number of hydrogen-bond acceptors (Lipinski definition) is 5. The lowest BCUT2D eigenvalue weighted by molar-refractivity contribution is -0.117. The standard InChI is InChI=1S/C10H14F2N4O2/c11-8(12)6-16(4-5-17)7-9(18)15-10-13-2-1-3-14-10/h1-3,8,17H,4-7H2,(H,13,14,15,18). The van der Waals surface area contributed by atoms with Crippen LogP contribution in [0, 0.1) is 0 Å². The Bertz CT molecular complexity index is 364. The maximum absolute atomic E-state index is 12.2. The van der Waals surface area contributed by atoms with Crippen molar-refractivity contribution in [3.05, 3.63) is 18.5 Å². The van der Waals surface area contributed by atoms with Crippen molar-refractivity contribution in [2.24, 2.45) is 0 Å². The molecule has 8 heteroatoms. The fourth-order valence-corrected chi connectivity index (χ4v) is 1.30. The number of nitrogens with one attached hydrogen (secondary N) is 1. The largest absolute Gasteiger partial charge is 0.395 e. The number of alkyl halides is 2. The number of carbonyl (C=O) groups excluding carboxylic acids is 1. The molecule has 0 atom stereocenters. The van der Waals surface area contributed by atoms with Crippen molar-refractivity contribution in [1.29, 1.82) is 0 Å². The quantitative estimate of drug-likeness (QED) is 0.720. The fraction of sp³-hybridized carbons (Fsp3) is 0.500. The first-order valence-corrected chi connectivity index (χ1v) is 5.30. The fourth-order valence-electron chi connectivity index (χ4n) is 1.30. The Labute approximate surface area is 103 Å². The number of rotatable bonds is 7. The first-order chi connectivity index (χ1) is 8.61. The van der Waals surface area contributed by atoms with Crippen LogP contribution < -0.4 is 5.32 Å². The summed E-state index contributed by atoms with van der Waals surface area (Å²) in [7, 11) is 0. The molecule has 100 valence electrons. The topological polar surface area (TPSA) is 78.4 Å². The Morgan fingerprint density at radius 2 is 2.11 bits per heavy atom. The summed E-state index contributed by atoms with van der Waals surface area (Å²) in [5.41, 5.74) is 0. The maximum atomic E-state index is 12.2. The van der Waals surface area contributed by atoms with Gasteiger partial charge in [-0.15, -0.1) is 0 Å².